The van der Waals surface area contributed by atoms with Gasteiger partial charge in [-0.05, 0) is 43.6 Å². The summed E-state index contributed by atoms with van der Waals surface area (Å²) in [5.74, 6) is -0.484. The van der Waals surface area contributed by atoms with Crippen molar-refractivity contribution in [1.29, 1.82) is 0 Å². The quantitative estimate of drug-likeness (QED) is 0.768. The number of rotatable bonds is 2. The molecule has 0 aliphatic rings. The van der Waals surface area contributed by atoms with Crippen molar-refractivity contribution in [2.24, 2.45) is 0 Å². The SMILES string of the molecule is Cc1nc(Br)n2ncn(CC(=O)OC(C)(C)C)c(=O)c12. The molecule has 7 nitrogen and oxygen atoms in total. The first kappa shape index (κ1) is 14.7. The molecule has 0 saturated carbocycles. The zero-order valence-electron chi connectivity index (χ0n) is 11.7. The van der Waals surface area contributed by atoms with E-state index in [1.54, 1.807) is 27.7 Å². The number of aromatic nitrogens is 4. The van der Waals surface area contributed by atoms with Gasteiger partial charge in [-0.15, -0.1) is 0 Å². The number of ether oxygens (including phenoxy) is 1. The topological polar surface area (TPSA) is 78.5 Å². The van der Waals surface area contributed by atoms with Crippen LogP contribution in [0.3, 0.4) is 0 Å². The van der Waals surface area contributed by atoms with Crippen molar-refractivity contribution in [3.05, 3.63) is 27.1 Å². The summed E-state index contributed by atoms with van der Waals surface area (Å²) < 4.78 is 8.24. The van der Waals surface area contributed by atoms with E-state index in [1.165, 1.54) is 15.4 Å². The first-order chi connectivity index (χ1) is 9.19. The number of hydrogen-bond donors (Lipinski definition) is 0. The lowest BCUT2D eigenvalue weighted by molar-refractivity contribution is -0.155. The van der Waals surface area contributed by atoms with Crippen LogP contribution >= 0.6 is 15.9 Å². The number of esters is 1. The summed E-state index contributed by atoms with van der Waals surface area (Å²) in [7, 11) is 0. The Kier molecular flexibility index (Phi) is 3.68. The van der Waals surface area contributed by atoms with E-state index in [0.717, 1.165) is 0 Å². The Labute approximate surface area is 123 Å². The van der Waals surface area contributed by atoms with E-state index in [1.807, 2.05) is 0 Å². The number of aryl methyl sites for hydroxylation is 1. The average molecular weight is 343 g/mol. The number of fused-ring (bicyclic) bond motifs is 1. The van der Waals surface area contributed by atoms with Crippen LogP contribution in [-0.2, 0) is 16.1 Å². The Balaban J connectivity index is 2.37. The number of carbonyl (C=O) groups excluding carboxylic acids is 1. The van der Waals surface area contributed by atoms with Crippen LogP contribution in [0.5, 0.6) is 0 Å². The molecule has 0 N–H and O–H groups in total. The maximum atomic E-state index is 12.3. The van der Waals surface area contributed by atoms with Gasteiger partial charge in [-0.2, -0.15) is 5.10 Å². The number of hydrogen-bond acceptors (Lipinski definition) is 5. The number of imidazole rings is 1. The van der Waals surface area contributed by atoms with Crippen LogP contribution in [0, 0.1) is 6.92 Å². The molecule has 2 rings (SSSR count). The van der Waals surface area contributed by atoms with Crippen molar-refractivity contribution in [3.8, 4) is 0 Å². The van der Waals surface area contributed by atoms with Gasteiger partial charge >= 0.3 is 5.97 Å². The molecule has 0 atom stereocenters. The average Bonchev–Trinajstić information content (AvgIpc) is 2.56. The monoisotopic (exact) mass is 342 g/mol. The van der Waals surface area contributed by atoms with Crippen LogP contribution in [0.15, 0.2) is 15.9 Å². The predicted molar refractivity (Wildman–Crippen MR) is 75.5 cm³/mol. The van der Waals surface area contributed by atoms with Crippen molar-refractivity contribution in [3.63, 3.8) is 0 Å². The van der Waals surface area contributed by atoms with E-state index in [-0.39, 0.29) is 12.1 Å². The molecular formula is C12H15BrN4O3. The molecule has 2 heterocycles. The van der Waals surface area contributed by atoms with Crippen LogP contribution in [0.25, 0.3) is 5.52 Å². The lowest BCUT2D eigenvalue weighted by atomic mass is 10.2. The second kappa shape index (κ2) is 5.01. The van der Waals surface area contributed by atoms with Crippen LogP contribution in [0.4, 0.5) is 0 Å². The first-order valence-corrected chi connectivity index (χ1v) is 6.80. The Morgan fingerprint density at radius 3 is 2.70 bits per heavy atom. The number of halogens is 1. The van der Waals surface area contributed by atoms with Crippen molar-refractivity contribution in [1.82, 2.24) is 19.2 Å². The molecule has 8 heteroatoms. The zero-order chi connectivity index (χ0) is 15.1. The maximum Gasteiger partial charge on any atom is 0.326 e. The number of nitrogens with zero attached hydrogens (tertiary/aromatic N) is 4. The van der Waals surface area contributed by atoms with Gasteiger partial charge in [-0.3, -0.25) is 14.2 Å². The van der Waals surface area contributed by atoms with Crippen LogP contribution in [0.1, 0.15) is 26.5 Å². The smallest absolute Gasteiger partial charge is 0.326 e. The Bertz CT molecular complexity index is 727. The van der Waals surface area contributed by atoms with Crippen LogP contribution in [0.2, 0.25) is 0 Å². The van der Waals surface area contributed by atoms with Gasteiger partial charge in [0.1, 0.15) is 18.5 Å². The maximum absolute atomic E-state index is 12.3. The van der Waals surface area contributed by atoms with Gasteiger partial charge in [0, 0.05) is 0 Å². The summed E-state index contributed by atoms with van der Waals surface area (Å²) in [6.45, 7) is 6.84. The van der Waals surface area contributed by atoms with E-state index in [9.17, 15) is 9.59 Å². The number of carbonyl (C=O) groups is 1. The molecule has 0 aromatic carbocycles. The third kappa shape index (κ3) is 2.90. The summed E-state index contributed by atoms with van der Waals surface area (Å²) in [5.41, 5.74) is -0.0364. The third-order valence-corrected chi connectivity index (χ3v) is 2.99. The second-order valence-corrected chi connectivity index (χ2v) is 6.09. The van der Waals surface area contributed by atoms with Crippen molar-refractivity contribution in [2.45, 2.75) is 39.8 Å². The molecule has 0 bridgehead atoms. The fraction of sp³-hybridized carbons (Fsp3) is 0.500. The van der Waals surface area contributed by atoms with E-state index in [4.69, 9.17) is 4.74 Å². The lowest BCUT2D eigenvalue weighted by Gasteiger charge is -2.19. The third-order valence-electron chi connectivity index (χ3n) is 2.48. The minimum atomic E-state index is -0.590. The fourth-order valence-corrected chi connectivity index (χ4v) is 2.30. The summed E-state index contributed by atoms with van der Waals surface area (Å²) >= 11 is 3.22. The van der Waals surface area contributed by atoms with E-state index in [0.29, 0.717) is 15.9 Å². The molecule has 0 aliphatic heterocycles. The van der Waals surface area contributed by atoms with Gasteiger partial charge in [0.05, 0.1) is 5.69 Å². The standard InChI is InChI=1S/C12H15BrN4O3/c1-7-9-10(19)16(5-8(18)20-12(2,3)4)6-14-17(9)11(13)15-7/h6H,5H2,1-4H3. The van der Waals surface area contributed by atoms with Crippen molar-refractivity contribution in [2.75, 3.05) is 0 Å². The molecule has 20 heavy (non-hydrogen) atoms. The van der Waals surface area contributed by atoms with Gasteiger partial charge < -0.3 is 4.74 Å². The summed E-state index contributed by atoms with van der Waals surface area (Å²) in [6.07, 6.45) is 1.30. The Morgan fingerprint density at radius 1 is 1.45 bits per heavy atom. The van der Waals surface area contributed by atoms with Gasteiger partial charge in [0.25, 0.3) is 5.56 Å². The largest absolute Gasteiger partial charge is 0.459 e. The van der Waals surface area contributed by atoms with E-state index in [2.05, 4.69) is 26.0 Å². The molecule has 2 aromatic rings. The highest BCUT2D eigenvalue weighted by Crippen LogP contribution is 2.12. The Hall–Kier alpha value is -1.70. The molecule has 108 valence electrons. The molecule has 0 unspecified atom stereocenters. The van der Waals surface area contributed by atoms with Crippen molar-refractivity contribution < 1.29 is 9.53 Å². The summed E-state index contributed by atoms with van der Waals surface area (Å²) in [4.78, 5) is 28.2. The second-order valence-electron chi connectivity index (χ2n) is 5.38. The fourth-order valence-electron chi connectivity index (χ4n) is 1.76. The molecule has 0 radical (unpaired) electrons. The van der Waals surface area contributed by atoms with Gasteiger partial charge in [0.2, 0.25) is 0 Å². The lowest BCUT2D eigenvalue weighted by Crippen LogP contribution is -2.31. The molecule has 0 fully saturated rings. The van der Waals surface area contributed by atoms with Gasteiger partial charge in [0.15, 0.2) is 10.3 Å². The summed E-state index contributed by atoms with van der Waals surface area (Å²) in [6, 6.07) is 0. The predicted octanol–water partition coefficient (Wildman–Crippen LogP) is 1.30. The first-order valence-electron chi connectivity index (χ1n) is 6.01. The molecule has 0 saturated heterocycles. The van der Waals surface area contributed by atoms with Gasteiger partial charge in [-0.1, -0.05) is 0 Å². The van der Waals surface area contributed by atoms with Crippen LogP contribution < -0.4 is 5.56 Å². The van der Waals surface area contributed by atoms with E-state index < -0.39 is 11.6 Å². The molecule has 2 aromatic heterocycles. The molecular weight excluding hydrogens is 328 g/mol. The molecule has 0 aliphatic carbocycles. The van der Waals surface area contributed by atoms with Gasteiger partial charge in [-0.25, -0.2) is 9.50 Å². The van der Waals surface area contributed by atoms with E-state index >= 15 is 0 Å². The Morgan fingerprint density at radius 2 is 2.10 bits per heavy atom. The summed E-state index contributed by atoms with van der Waals surface area (Å²) in [5, 5.41) is 4.07. The molecule has 0 amide bonds. The van der Waals surface area contributed by atoms with Crippen molar-refractivity contribution >= 4 is 27.4 Å². The highest BCUT2D eigenvalue weighted by Gasteiger charge is 2.18. The highest BCUT2D eigenvalue weighted by molar-refractivity contribution is 9.10. The zero-order valence-corrected chi connectivity index (χ0v) is 13.3. The minimum Gasteiger partial charge on any atom is -0.459 e. The van der Waals surface area contributed by atoms with Crippen LogP contribution in [-0.4, -0.2) is 30.7 Å². The normalized spacial score (nSPS) is 11.8. The molecule has 0 spiro atoms. The highest BCUT2D eigenvalue weighted by atomic mass is 79.9. The minimum absolute atomic E-state index is 0.179.